The van der Waals surface area contributed by atoms with Gasteiger partial charge in [-0.05, 0) is 35.9 Å². The largest absolute Gasteiger partial charge is 0.478 e. The molecule has 2 aliphatic heterocycles. The van der Waals surface area contributed by atoms with Crippen LogP contribution >= 0.6 is 0 Å². The molecule has 1 fully saturated rings. The van der Waals surface area contributed by atoms with Crippen LogP contribution in [0.4, 0.5) is 10.5 Å². The van der Waals surface area contributed by atoms with Crippen molar-refractivity contribution in [2.75, 3.05) is 18.7 Å². The normalized spacial score (nSPS) is 16.0. The molecule has 2 aromatic carbocycles. The lowest BCUT2D eigenvalue weighted by Gasteiger charge is -2.12. The fraction of sp³-hybridized carbons (Fsp3) is 0.100. The van der Waals surface area contributed by atoms with E-state index in [1.807, 2.05) is 0 Å². The quantitative estimate of drug-likeness (QED) is 0.505. The third-order valence-electron chi connectivity index (χ3n) is 4.39. The molecule has 0 unspecified atom stereocenters. The van der Waals surface area contributed by atoms with Gasteiger partial charge in [-0.1, -0.05) is 12.1 Å². The maximum atomic E-state index is 12.5. The van der Waals surface area contributed by atoms with E-state index in [1.165, 1.54) is 30.3 Å². The molecule has 1 saturated heterocycles. The molecule has 10 nitrogen and oxygen atoms in total. The number of nitrogens with one attached hydrogen (secondary N) is 2. The average Bonchev–Trinajstić information content (AvgIpc) is 3.28. The van der Waals surface area contributed by atoms with Gasteiger partial charge in [-0.25, -0.2) is 14.5 Å². The Labute approximate surface area is 169 Å². The zero-order valence-corrected chi connectivity index (χ0v) is 15.4. The number of fused-ring (bicyclic) bond motifs is 1. The molecule has 0 saturated carbocycles. The second kappa shape index (κ2) is 7.59. The number of nitrogens with zero attached hydrogens (tertiary/aromatic N) is 1. The third kappa shape index (κ3) is 3.78. The Morgan fingerprint density at radius 3 is 2.57 bits per heavy atom. The van der Waals surface area contributed by atoms with E-state index < -0.39 is 30.4 Å². The van der Waals surface area contributed by atoms with E-state index >= 15 is 0 Å². The van der Waals surface area contributed by atoms with E-state index in [1.54, 1.807) is 18.2 Å². The average molecular weight is 409 g/mol. The van der Waals surface area contributed by atoms with Gasteiger partial charge in [0.2, 0.25) is 12.7 Å². The fourth-order valence-corrected chi connectivity index (χ4v) is 2.92. The summed E-state index contributed by atoms with van der Waals surface area (Å²) in [5.41, 5.74) is 1.04. The van der Waals surface area contributed by atoms with Crippen molar-refractivity contribution in [2.45, 2.75) is 0 Å². The minimum Gasteiger partial charge on any atom is -0.478 e. The summed E-state index contributed by atoms with van der Waals surface area (Å²) in [6.07, 6.45) is 1.40. The first-order chi connectivity index (χ1) is 14.4. The molecular formula is C20H15N3O7. The molecule has 0 aromatic heterocycles. The Morgan fingerprint density at radius 2 is 1.83 bits per heavy atom. The first-order valence-corrected chi connectivity index (χ1v) is 8.78. The molecule has 0 bridgehead atoms. The lowest BCUT2D eigenvalue weighted by atomic mass is 10.1. The molecule has 152 valence electrons. The number of rotatable bonds is 5. The van der Waals surface area contributed by atoms with E-state index in [2.05, 4.69) is 10.6 Å². The van der Waals surface area contributed by atoms with Gasteiger partial charge in [-0.15, -0.1) is 0 Å². The highest BCUT2D eigenvalue weighted by molar-refractivity contribution is 6.16. The molecule has 0 radical (unpaired) electrons. The van der Waals surface area contributed by atoms with Crippen molar-refractivity contribution in [3.8, 4) is 11.5 Å². The number of hydrogen-bond donors (Lipinski definition) is 3. The zero-order valence-electron chi connectivity index (χ0n) is 15.4. The SMILES string of the molecule is O=C(CN1C(=O)NC(=Cc2ccc(C(=O)O)cc2)C1=O)Nc1ccc2c(c1)OCO2. The van der Waals surface area contributed by atoms with Gasteiger partial charge in [0, 0.05) is 11.8 Å². The number of carbonyl (C=O) groups excluding carboxylic acids is 3. The number of urea groups is 1. The first kappa shape index (κ1) is 19.0. The Bertz CT molecular complexity index is 1090. The number of imide groups is 1. The lowest BCUT2D eigenvalue weighted by molar-refractivity contribution is -0.127. The summed E-state index contributed by atoms with van der Waals surface area (Å²) in [6, 6.07) is 9.88. The minimum absolute atomic E-state index is 0.0149. The number of ether oxygens (including phenoxy) is 2. The number of carbonyl (C=O) groups is 4. The van der Waals surface area contributed by atoms with Crippen LogP contribution in [0.3, 0.4) is 0 Å². The van der Waals surface area contributed by atoms with Gasteiger partial charge >= 0.3 is 12.0 Å². The van der Waals surface area contributed by atoms with Crippen molar-refractivity contribution in [1.29, 1.82) is 0 Å². The number of amides is 4. The summed E-state index contributed by atoms with van der Waals surface area (Å²) >= 11 is 0. The second-order valence-electron chi connectivity index (χ2n) is 6.42. The van der Waals surface area contributed by atoms with Crippen molar-refractivity contribution in [3.05, 3.63) is 59.3 Å². The van der Waals surface area contributed by atoms with Gasteiger partial charge in [0.15, 0.2) is 11.5 Å². The molecule has 2 aliphatic rings. The predicted molar refractivity (Wildman–Crippen MR) is 103 cm³/mol. The van der Waals surface area contributed by atoms with Crippen molar-refractivity contribution < 1.29 is 33.8 Å². The summed E-state index contributed by atoms with van der Waals surface area (Å²) in [5.74, 6) is -1.25. The summed E-state index contributed by atoms with van der Waals surface area (Å²) < 4.78 is 10.4. The smallest absolute Gasteiger partial charge is 0.335 e. The van der Waals surface area contributed by atoms with Gasteiger partial charge in [0.25, 0.3) is 5.91 Å². The van der Waals surface area contributed by atoms with Crippen LogP contribution in [0.2, 0.25) is 0 Å². The molecular weight excluding hydrogens is 394 g/mol. The maximum absolute atomic E-state index is 12.5. The van der Waals surface area contributed by atoms with Crippen LogP contribution in [-0.2, 0) is 9.59 Å². The molecule has 2 aromatic rings. The second-order valence-corrected chi connectivity index (χ2v) is 6.42. The van der Waals surface area contributed by atoms with Crippen molar-refractivity contribution >= 4 is 35.6 Å². The van der Waals surface area contributed by atoms with E-state index in [0.717, 1.165) is 4.90 Å². The van der Waals surface area contributed by atoms with Crippen molar-refractivity contribution in [2.24, 2.45) is 0 Å². The molecule has 2 heterocycles. The van der Waals surface area contributed by atoms with Gasteiger partial charge in [-0.3, -0.25) is 9.59 Å². The molecule has 30 heavy (non-hydrogen) atoms. The molecule has 0 atom stereocenters. The summed E-state index contributed by atoms with van der Waals surface area (Å²) in [7, 11) is 0. The van der Waals surface area contributed by atoms with Crippen LogP contribution in [0.5, 0.6) is 11.5 Å². The molecule has 0 spiro atoms. The number of hydrogen-bond acceptors (Lipinski definition) is 6. The van der Waals surface area contributed by atoms with Crippen LogP contribution in [0.1, 0.15) is 15.9 Å². The number of benzene rings is 2. The van der Waals surface area contributed by atoms with E-state index in [0.29, 0.717) is 22.7 Å². The molecule has 4 rings (SSSR count). The van der Waals surface area contributed by atoms with Gasteiger partial charge in [0.05, 0.1) is 5.56 Å². The van der Waals surface area contributed by atoms with E-state index in [-0.39, 0.29) is 18.1 Å². The highest BCUT2D eigenvalue weighted by atomic mass is 16.7. The van der Waals surface area contributed by atoms with Gasteiger partial charge in [0.1, 0.15) is 12.2 Å². The topological polar surface area (TPSA) is 134 Å². The summed E-state index contributed by atoms with van der Waals surface area (Å²) in [5, 5.41) is 13.9. The number of carboxylic acids is 1. The highest BCUT2D eigenvalue weighted by Gasteiger charge is 2.35. The lowest BCUT2D eigenvalue weighted by Crippen LogP contribution is -2.38. The summed E-state index contributed by atoms with van der Waals surface area (Å²) in [6.45, 7) is -0.377. The first-order valence-electron chi connectivity index (χ1n) is 8.78. The molecule has 10 heteroatoms. The van der Waals surface area contributed by atoms with Crippen molar-refractivity contribution in [1.82, 2.24) is 10.2 Å². The monoisotopic (exact) mass is 409 g/mol. The molecule has 4 amide bonds. The predicted octanol–water partition coefficient (Wildman–Crippen LogP) is 1.64. The van der Waals surface area contributed by atoms with E-state index in [4.69, 9.17) is 14.6 Å². The number of aromatic carboxylic acids is 1. The number of anilines is 1. The minimum atomic E-state index is -1.07. The Hall–Kier alpha value is -4.34. The number of carboxylic acid groups (broad SMARTS) is 1. The van der Waals surface area contributed by atoms with Crippen LogP contribution in [0.25, 0.3) is 6.08 Å². The summed E-state index contributed by atoms with van der Waals surface area (Å²) in [4.78, 5) is 48.6. The fourth-order valence-electron chi connectivity index (χ4n) is 2.92. The Balaban J connectivity index is 1.42. The van der Waals surface area contributed by atoms with Gasteiger partial charge < -0.3 is 25.2 Å². The van der Waals surface area contributed by atoms with E-state index in [9.17, 15) is 19.2 Å². The van der Waals surface area contributed by atoms with Gasteiger partial charge in [-0.2, -0.15) is 0 Å². The van der Waals surface area contributed by atoms with Crippen molar-refractivity contribution in [3.63, 3.8) is 0 Å². The van der Waals surface area contributed by atoms with Crippen LogP contribution in [-0.4, -0.2) is 47.2 Å². The Kier molecular flexibility index (Phi) is 4.80. The maximum Gasteiger partial charge on any atom is 0.335 e. The molecule has 0 aliphatic carbocycles. The zero-order chi connectivity index (χ0) is 21.3. The van der Waals surface area contributed by atoms with Crippen LogP contribution < -0.4 is 20.1 Å². The van der Waals surface area contributed by atoms with Crippen LogP contribution in [0, 0.1) is 0 Å². The standard InChI is InChI=1S/C20H15N3O7/c24-17(21-13-5-6-15-16(8-13)30-10-29-15)9-23-18(25)14(22-20(23)28)7-11-1-3-12(4-2-11)19(26)27/h1-8H,9-10H2,(H,21,24)(H,22,28)(H,26,27). The Morgan fingerprint density at radius 1 is 1.10 bits per heavy atom. The molecule has 3 N–H and O–H groups in total. The highest BCUT2D eigenvalue weighted by Crippen LogP contribution is 2.34. The third-order valence-corrected chi connectivity index (χ3v) is 4.39. The van der Waals surface area contributed by atoms with Crippen LogP contribution in [0.15, 0.2) is 48.2 Å².